The molecule has 2 aliphatic carbocycles. The monoisotopic (exact) mass is 372 g/mol. The van der Waals surface area contributed by atoms with Gasteiger partial charge in [0, 0.05) is 24.9 Å². The number of hydrogen-bond donors (Lipinski definition) is 2. The van der Waals surface area contributed by atoms with Crippen molar-refractivity contribution in [1.82, 2.24) is 9.62 Å². The largest absolute Gasteiger partial charge is 0.381 e. The smallest absolute Gasteiger partial charge is 0.226 e. The molecule has 4 aliphatic rings. The van der Waals surface area contributed by atoms with Gasteiger partial charge in [-0.1, -0.05) is 6.07 Å². The number of rotatable bonds is 5. The van der Waals surface area contributed by atoms with Crippen molar-refractivity contribution in [3.63, 3.8) is 0 Å². The van der Waals surface area contributed by atoms with E-state index in [9.17, 15) is 4.79 Å². The van der Waals surface area contributed by atoms with E-state index in [0.717, 1.165) is 34.9 Å². The van der Waals surface area contributed by atoms with Crippen LogP contribution in [0, 0.1) is 11.8 Å². The second kappa shape index (κ2) is 6.78. The highest BCUT2D eigenvalue weighted by Crippen LogP contribution is 2.42. The average molecular weight is 372 g/mol. The number of nitrogens with zero attached hydrogens (tertiary/aromatic N) is 2. The van der Waals surface area contributed by atoms with Crippen molar-refractivity contribution in [3.8, 4) is 0 Å². The summed E-state index contributed by atoms with van der Waals surface area (Å²) >= 11 is 1.65. The van der Waals surface area contributed by atoms with Crippen LogP contribution in [0.15, 0.2) is 28.1 Å². The first-order valence-corrected chi connectivity index (χ1v) is 10.4. The van der Waals surface area contributed by atoms with Crippen molar-refractivity contribution in [2.75, 3.05) is 31.6 Å². The van der Waals surface area contributed by atoms with Crippen LogP contribution in [-0.2, 0) is 9.53 Å². The van der Waals surface area contributed by atoms with Crippen LogP contribution < -0.4 is 10.0 Å². The molecule has 0 aromatic heterocycles. The van der Waals surface area contributed by atoms with Gasteiger partial charge in [-0.3, -0.25) is 4.79 Å². The van der Waals surface area contributed by atoms with Crippen LogP contribution in [0.2, 0.25) is 0 Å². The summed E-state index contributed by atoms with van der Waals surface area (Å²) in [5, 5.41) is 3.54. The summed E-state index contributed by atoms with van der Waals surface area (Å²) in [6, 6.07) is 6.32. The van der Waals surface area contributed by atoms with E-state index in [0.29, 0.717) is 38.1 Å². The molecule has 138 valence electrons. The predicted molar refractivity (Wildman–Crippen MR) is 103 cm³/mol. The van der Waals surface area contributed by atoms with Crippen LogP contribution in [0.3, 0.4) is 0 Å². The summed E-state index contributed by atoms with van der Waals surface area (Å²) in [4.78, 5) is 20.6. The fourth-order valence-corrected chi connectivity index (χ4v) is 4.38. The number of nitrogens with one attached hydrogen (secondary N) is 2. The lowest BCUT2D eigenvalue weighted by atomic mass is 10.2. The number of carbonyl (C=O) groups excluding carboxylic acids is 1. The first kappa shape index (κ1) is 16.4. The zero-order valence-corrected chi connectivity index (χ0v) is 15.6. The van der Waals surface area contributed by atoms with Gasteiger partial charge < -0.3 is 19.7 Å². The van der Waals surface area contributed by atoms with E-state index in [1.165, 1.54) is 12.8 Å². The number of ether oxygens (including phenoxy) is 1. The van der Waals surface area contributed by atoms with Crippen molar-refractivity contribution in [3.05, 3.63) is 18.2 Å². The van der Waals surface area contributed by atoms with E-state index in [-0.39, 0.29) is 12.0 Å². The Bertz CT molecular complexity index is 745. The topological polar surface area (TPSA) is 66.0 Å². The van der Waals surface area contributed by atoms with E-state index in [2.05, 4.69) is 28.2 Å². The van der Waals surface area contributed by atoms with Crippen molar-refractivity contribution in [1.29, 1.82) is 0 Å². The Morgan fingerprint density at radius 2 is 2.23 bits per heavy atom. The fourth-order valence-electron chi connectivity index (χ4n) is 3.55. The lowest BCUT2D eigenvalue weighted by molar-refractivity contribution is -0.140. The highest BCUT2D eigenvalue weighted by Gasteiger charge is 2.37. The molecule has 3 fully saturated rings. The number of aliphatic imine (C=N–C) groups is 1. The van der Waals surface area contributed by atoms with E-state index in [1.54, 1.807) is 11.9 Å². The lowest BCUT2D eigenvalue weighted by Gasteiger charge is -2.36. The quantitative estimate of drug-likeness (QED) is 0.778. The third-order valence-corrected chi connectivity index (χ3v) is 6.29. The number of hydrogen-bond acceptors (Lipinski definition) is 6. The van der Waals surface area contributed by atoms with Crippen LogP contribution in [0.25, 0.3) is 0 Å². The average Bonchev–Trinajstić information content (AvgIpc) is 3.58. The molecule has 1 unspecified atom stereocenters. The normalized spacial score (nSPS) is 25.2. The van der Waals surface area contributed by atoms with Crippen molar-refractivity contribution < 1.29 is 9.53 Å². The number of para-hydroxylation sites is 1. The molecule has 1 atom stereocenters. The molecule has 0 bridgehead atoms. The molecule has 1 amide bonds. The Morgan fingerprint density at radius 3 is 3.04 bits per heavy atom. The van der Waals surface area contributed by atoms with Gasteiger partial charge in [-0.05, 0) is 49.8 Å². The van der Waals surface area contributed by atoms with Crippen LogP contribution in [0.1, 0.15) is 25.7 Å². The Morgan fingerprint density at radius 1 is 1.35 bits per heavy atom. The molecule has 2 saturated carbocycles. The Balaban J connectivity index is 1.31. The molecule has 1 aromatic carbocycles. The summed E-state index contributed by atoms with van der Waals surface area (Å²) in [5.74, 6) is 2.27. The molecule has 6 nitrogen and oxygen atoms in total. The maximum absolute atomic E-state index is 12.5. The van der Waals surface area contributed by atoms with Gasteiger partial charge in [0.25, 0.3) is 0 Å². The molecule has 5 rings (SSSR count). The van der Waals surface area contributed by atoms with Crippen molar-refractivity contribution in [2.24, 2.45) is 16.8 Å². The van der Waals surface area contributed by atoms with E-state index in [4.69, 9.17) is 9.73 Å². The number of amides is 1. The number of morpholine rings is 1. The molecular weight excluding hydrogens is 348 g/mol. The van der Waals surface area contributed by atoms with Crippen LogP contribution in [0.5, 0.6) is 0 Å². The molecular formula is C19H24N4O2S. The van der Waals surface area contributed by atoms with Crippen LogP contribution in [-0.4, -0.2) is 49.0 Å². The van der Waals surface area contributed by atoms with E-state index >= 15 is 0 Å². The molecule has 7 heteroatoms. The molecule has 2 heterocycles. The Hall–Kier alpha value is -1.73. The van der Waals surface area contributed by atoms with Crippen molar-refractivity contribution >= 4 is 35.1 Å². The number of benzene rings is 1. The minimum atomic E-state index is 0.0916. The standard InChI is InChI=1S/C19H24N4O2S/c24-19(13-6-7-13)23-8-9-25-11-14(23)10-20-15-2-1-3-16-17(15)21-18(22-26-16)12-4-5-12/h1-3,12-14,20H,4-11H2,(H,21,22). The second-order valence-corrected chi connectivity index (χ2v) is 8.39. The summed E-state index contributed by atoms with van der Waals surface area (Å²) in [6.07, 6.45) is 4.56. The van der Waals surface area contributed by atoms with Crippen molar-refractivity contribution in [2.45, 2.75) is 36.6 Å². The fraction of sp³-hybridized carbons (Fsp3) is 0.579. The van der Waals surface area contributed by atoms with Gasteiger partial charge in [0.1, 0.15) is 11.5 Å². The molecule has 0 radical (unpaired) electrons. The second-order valence-electron chi connectivity index (χ2n) is 7.54. The SMILES string of the molecule is O=C(C1CC1)N1CCOCC1CNc1cccc2c1N=C(C1CC1)NS2. The Labute approximate surface area is 157 Å². The molecule has 2 N–H and O–H groups in total. The first-order valence-electron chi connectivity index (χ1n) is 9.56. The minimum absolute atomic E-state index is 0.0916. The summed E-state index contributed by atoms with van der Waals surface area (Å²) in [5.41, 5.74) is 2.06. The molecule has 1 aromatic rings. The van der Waals surface area contributed by atoms with Gasteiger partial charge in [-0.25, -0.2) is 4.99 Å². The maximum atomic E-state index is 12.5. The summed E-state index contributed by atoms with van der Waals surface area (Å²) in [6.45, 7) is 2.65. The molecule has 2 aliphatic heterocycles. The van der Waals surface area contributed by atoms with Gasteiger partial charge >= 0.3 is 0 Å². The highest BCUT2D eigenvalue weighted by molar-refractivity contribution is 7.98. The molecule has 0 spiro atoms. The molecule has 1 saturated heterocycles. The van der Waals surface area contributed by atoms with E-state index in [1.807, 2.05) is 4.90 Å². The van der Waals surface area contributed by atoms with Crippen LogP contribution in [0.4, 0.5) is 11.4 Å². The van der Waals surface area contributed by atoms with Gasteiger partial charge in [0.2, 0.25) is 5.91 Å². The van der Waals surface area contributed by atoms with Gasteiger partial charge in [-0.15, -0.1) is 0 Å². The summed E-state index contributed by atoms with van der Waals surface area (Å²) < 4.78 is 9.02. The third-order valence-electron chi connectivity index (χ3n) is 5.43. The molecule has 26 heavy (non-hydrogen) atoms. The van der Waals surface area contributed by atoms with Crippen LogP contribution >= 0.6 is 11.9 Å². The first-order chi connectivity index (χ1) is 12.8. The summed E-state index contributed by atoms with van der Waals surface area (Å²) in [7, 11) is 0. The number of anilines is 1. The highest BCUT2D eigenvalue weighted by atomic mass is 32.2. The number of fused-ring (bicyclic) bond motifs is 1. The zero-order valence-electron chi connectivity index (χ0n) is 14.7. The number of carbonyl (C=O) groups is 1. The predicted octanol–water partition coefficient (Wildman–Crippen LogP) is 2.79. The van der Waals surface area contributed by atoms with Gasteiger partial charge in [0.15, 0.2) is 0 Å². The Kier molecular flexibility index (Phi) is 4.29. The van der Waals surface area contributed by atoms with Gasteiger partial charge in [0.05, 0.1) is 29.8 Å². The van der Waals surface area contributed by atoms with Gasteiger partial charge in [-0.2, -0.15) is 0 Å². The minimum Gasteiger partial charge on any atom is -0.381 e. The zero-order chi connectivity index (χ0) is 17.5. The lowest BCUT2D eigenvalue weighted by Crippen LogP contribution is -2.52. The number of amidine groups is 1. The van der Waals surface area contributed by atoms with E-state index < -0.39 is 0 Å². The maximum Gasteiger partial charge on any atom is 0.226 e. The third kappa shape index (κ3) is 3.30.